The lowest BCUT2D eigenvalue weighted by Crippen LogP contribution is -2.29. The van der Waals surface area contributed by atoms with Crippen molar-refractivity contribution in [1.82, 2.24) is 5.32 Å². The highest BCUT2D eigenvalue weighted by Crippen LogP contribution is 2.08. The maximum absolute atomic E-state index is 11.6. The van der Waals surface area contributed by atoms with E-state index >= 15 is 0 Å². The number of hydrogen-bond acceptors (Lipinski definition) is 3. The lowest BCUT2D eigenvalue weighted by atomic mass is 10.1. The number of carbonyl (C=O) groups is 2. The summed E-state index contributed by atoms with van der Waals surface area (Å²) in [7, 11) is 0. The number of unbranched alkanes of at least 4 members (excludes halogenated alkanes) is 3. The Morgan fingerprint density at radius 3 is 2.38 bits per heavy atom. The van der Waals surface area contributed by atoms with Crippen LogP contribution in [0.1, 0.15) is 37.7 Å². The summed E-state index contributed by atoms with van der Waals surface area (Å²) in [4.78, 5) is 21.9. The number of rotatable bonds is 8. The van der Waals surface area contributed by atoms with Crippen LogP contribution in [0, 0.1) is 11.3 Å². The molecule has 0 unspecified atom stereocenters. The molecule has 0 fully saturated rings. The van der Waals surface area contributed by atoms with Crippen LogP contribution in [-0.4, -0.2) is 23.7 Å². The van der Waals surface area contributed by atoms with Crippen LogP contribution in [0.3, 0.4) is 0 Å². The number of benzene rings is 1. The number of carboxylic acid groups (broad SMARTS) is 1. The minimum Gasteiger partial charge on any atom is -0.481 e. The van der Waals surface area contributed by atoms with Crippen molar-refractivity contribution in [3.63, 3.8) is 0 Å². The Bertz CT molecular complexity index is 506. The molecule has 3 N–H and O–H groups in total. The third-order valence-electron chi connectivity index (χ3n) is 2.87. The summed E-state index contributed by atoms with van der Waals surface area (Å²) in [5.74, 6) is -0.769. The molecule has 6 heteroatoms. The summed E-state index contributed by atoms with van der Waals surface area (Å²) < 4.78 is 0. The Morgan fingerprint density at radius 2 is 1.76 bits per heavy atom. The first-order valence-electron chi connectivity index (χ1n) is 6.88. The Hall–Kier alpha value is -2.55. The van der Waals surface area contributed by atoms with E-state index in [-0.39, 0.29) is 12.5 Å². The van der Waals surface area contributed by atoms with Gasteiger partial charge >= 0.3 is 12.0 Å². The standard InChI is InChI=1S/C15H19N3O3/c16-11-12-6-8-13(9-7-12)18-15(21)17-10-4-2-1-3-5-14(19)20/h6-9H,1-5,10H2,(H,19,20)(H2,17,18,21). The zero-order valence-corrected chi connectivity index (χ0v) is 11.8. The Labute approximate surface area is 123 Å². The number of anilines is 1. The molecule has 0 aliphatic rings. The number of urea groups is 1. The van der Waals surface area contributed by atoms with Gasteiger partial charge in [0.2, 0.25) is 0 Å². The highest BCUT2D eigenvalue weighted by molar-refractivity contribution is 5.89. The molecule has 2 amide bonds. The van der Waals surface area contributed by atoms with Crippen molar-refractivity contribution in [2.75, 3.05) is 11.9 Å². The van der Waals surface area contributed by atoms with E-state index in [1.807, 2.05) is 6.07 Å². The third kappa shape index (κ3) is 7.57. The Balaban J connectivity index is 2.11. The van der Waals surface area contributed by atoms with Gasteiger partial charge in [0, 0.05) is 18.7 Å². The number of carboxylic acids is 1. The molecule has 0 spiro atoms. The molecule has 0 radical (unpaired) electrons. The van der Waals surface area contributed by atoms with E-state index in [0.717, 1.165) is 19.3 Å². The monoisotopic (exact) mass is 289 g/mol. The number of aliphatic carboxylic acids is 1. The lowest BCUT2D eigenvalue weighted by Gasteiger charge is -2.07. The van der Waals surface area contributed by atoms with Crippen molar-refractivity contribution in [2.24, 2.45) is 0 Å². The van der Waals surface area contributed by atoms with E-state index in [1.165, 1.54) is 0 Å². The van der Waals surface area contributed by atoms with Crippen molar-refractivity contribution in [1.29, 1.82) is 5.26 Å². The molecule has 0 aliphatic carbocycles. The van der Waals surface area contributed by atoms with Crippen LogP contribution in [0.5, 0.6) is 0 Å². The molecule has 1 rings (SSSR count). The first-order valence-corrected chi connectivity index (χ1v) is 6.88. The molecule has 0 aromatic heterocycles. The largest absolute Gasteiger partial charge is 0.481 e. The smallest absolute Gasteiger partial charge is 0.319 e. The lowest BCUT2D eigenvalue weighted by molar-refractivity contribution is -0.137. The number of nitrogens with one attached hydrogen (secondary N) is 2. The summed E-state index contributed by atoms with van der Waals surface area (Å²) in [6, 6.07) is 8.34. The SMILES string of the molecule is N#Cc1ccc(NC(=O)NCCCCCCC(=O)O)cc1. The maximum atomic E-state index is 11.6. The molecule has 0 saturated carbocycles. The average molecular weight is 289 g/mol. The molecule has 112 valence electrons. The van der Waals surface area contributed by atoms with Crippen molar-refractivity contribution in [3.8, 4) is 6.07 Å². The second kappa shape index (κ2) is 9.37. The van der Waals surface area contributed by atoms with E-state index in [4.69, 9.17) is 10.4 Å². The van der Waals surface area contributed by atoms with E-state index in [0.29, 0.717) is 24.2 Å². The van der Waals surface area contributed by atoms with Crippen LogP contribution >= 0.6 is 0 Å². The number of hydrogen-bond donors (Lipinski definition) is 3. The van der Waals surface area contributed by atoms with Crippen LogP contribution in [0.25, 0.3) is 0 Å². The molecule has 0 bridgehead atoms. The topological polar surface area (TPSA) is 102 Å². The molecule has 21 heavy (non-hydrogen) atoms. The zero-order chi connectivity index (χ0) is 15.5. The van der Waals surface area contributed by atoms with E-state index in [2.05, 4.69) is 10.6 Å². The molecule has 6 nitrogen and oxygen atoms in total. The van der Waals surface area contributed by atoms with Crippen LogP contribution in [0.15, 0.2) is 24.3 Å². The van der Waals surface area contributed by atoms with Crippen molar-refractivity contribution >= 4 is 17.7 Å². The molecule has 1 aromatic carbocycles. The van der Waals surface area contributed by atoms with Gasteiger partial charge in [0.05, 0.1) is 11.6 Å². The van der Waals surface area contributed by atoms with Gasteiger partial charge in [-0.3, -0.25) is 4.79 Å². The Kier molecular flexibility index (Phi) is 7.36. The van der Waals surface area contributed by atoms with Crippen LogP contribution in [0.2, 0.25) is 0 Å². The number of nitriles is 1. The molecule has 0 heterocycles. The summed E-state index contributed by atoms with van der Waals surface area (Å²) in [6.45, 7) is 0.551. The summed E-state index contributed by atoms with van der Waals surface area (Å²) in [5.41, 5.74) is 1.18. The molecular formula is C15H19N3O3. The van der Waals surface area contributed by atoms with Gasteiger partial charge in [-0.15, -0.1) is 0 Å². The van der Waals surface area contributed by atoms with E-state index in [9.17, 15) is 9.59 Å². The van der Waals surface area contributed by atoms with Gasteiger partial charge in [-0.2, -0.15) is 5.26 Å². The first-order chi connectivity index (χ1) is 10.1. The third-order valence-corrected chi connectivity index (χ3v) is 2.87. The van der Waals surface area contributed by atoms with Crippen LogP contribution < -0.4 is 10.6 Å². The van der Waals surface area contributed by atoms with Gasteiger partial charge in [0.25, 0.3) is 0 Å². The predicted octanol–water partition coefficient (Wildman–Crippen LogP) is 2.71. The Morgan fingerprint density at radius 1 is 1.10 bits per heavy atom. The normalized spacial score (nSPS) is 9.67. The summed E-state index contributed by atoms with van der Waals surface area (Å²) in [5, 5.41) is 22.5. The zero-order valence-electron chi connectivity index (χ0n) is 11.8. The maximum Gasteiger partial charge on any atom is 0.319 e. The summed E-state index contributed by atoms with van der Waals surface area (Å²) in [6.07, 6.45) is 3.44. The van der Waals surface area contributed by atoms with Crippen LogP contribution in [-0.2, 0) is 4.79 Å². The minimum absolute atomic E-state index is 0.201. The highest BCUT2D eigenvalue weighted by atomic mass is 16.4. The fourth-order valence-corrected chi connectivity index (χ4v) is 1.76. The van der Waals surface area contributed by atoms with Gasteiger partial charge in [-0.25, -0.2) is 4.79 Å². The van der Waals surface area contributed by atoms with Crippen LogP contribution in [0.4, 0.5) is 10.5 Å². The second-order valence-corrected chi connectivity index (χ2v) is 4.63. The predicted molar refractivity (Wildman–Crippen MR) is 78.9 cm³/mol. The highest BCUT2D eigenvalue weighted by Gasteiger charge is 2.01. The van der Waals surface area contributed by atoms with E-state index in [1.54, 1.807) is 24.3 Å². The average Bonchev–Trinajstić information content (AvgIpc) is 2.46. The molecule has 1 aromatic rings. The second-order valence-electron chi connectivity index (χ2n) is 4.63. The van der Waals surface area contributed by atoms with Gasteiger partial charge in [-0.1, -0.05) is 12.8 Å². The van der Waals surface area contributed by atoms with Gasteiger partial charge in [-0.05, 0) is 37.1 Å². The van der Waals surface area contributed by atoms with Crippen molar-refractivity contribution in [2.45, 2.75) is 32.1 Å². The molecule has 0 aliphatic heterocycles. The minimum atomic E-state index is -0.769. The van der Waals surface area contributed by atoms with Gasteiger partial charge in [0.15, 0.2) is 0 Å². The molecular weight excluding hydrogens is 270 g/mol. The van der Waals surface area contributed by atoms with Gasteiger partial charge in [0.1, 0.15) is 0 Å². The van der Waals surface area contributed by atoms with Crippen molar-refractivity contribution in [3.05, 3.63) is 29.8 Å². The first kappa shape index (κ1) is 16.5. The number of nitrogens with zero attached hydrogens (tertiary/aromatic N) is 1. The van der Waals surface area contributed by atoms with Gasteiger partial charge < -0.3 is 15.7 Å². The fraction of sp³-hybridized carbons (Fsp3) is 0.400. The fourth-order valence-electron chi connectivity index (χ4n) is 1.76. The van der Waals surface area contributed by atoms with Crippen molar-refractivity contribution < 1.29 is 14.7 Å². The number of carbonyl (C=O) groups excluding carboxylic acids is 1. The molecule has 0 atom stereocenters. The molecule has 0 saturated heterocycles. The number of amides is 2. The van der Waals surface area contributed by atoms with E-state index < -0.39 is 5.97 Å². The summed E-state index contributed by atoms with van der Waals surface area (Å²) >= 11 is 0. The quantitative estimate of drug-likeness (QED) is 0.640.